The predicted molar refractivity (Wildman–Crippen MR) is 84.3 cm³/mol. The van der Waals surface area contributed by atoms with Crippen molar-refractivity contribution in [1.82, 2.24) is 0 Å². The first-order chi connectivity index (χ1) is 9.47. The molecule has 20 heavy (non-hydrogen) atoms. The topological polar surface area (TPSA) is 55.2 Å². The first-order valence-corrected chi connectivity index (χ1v) is 7.07. The van der Waals surface area contributed by atoms with Gasteiger partial charge in [-0.25, -0.2) is 0 Å². The molecule has 2 aromatic carbocycles. The molecule has 0 aliphatic rings. The number of hydrogen-bond donors (Lipinski definition) is 1. The van der Waals surface area contributed by atoms with Crippen LogP contribution in [0.1, 0.15) is 11.1 Å². The fourth-order valence-corrected chi connectivity index (χ4v) is 2.45. The number of benzene rings is 2. The van der Waals surface area contributed by atoms with E-state index in [9.17, 15) is 10.1 Å². The van der Waals surface area contributed by atoms with E-state index >= 15 is 0 Å². The number of aryl methyl sites for hydroxylation is 1. The van der Waals surface area contributed by atoms with Gasteiger partial charge in [-0.1, -0.05) is 27.5 Å². The van der Waals surface area contributed by atoms with Crippen molar-refractivity contribution in [2.45, 2.75) is 13.5 Å². The third-order valence-electron chi connectivity index (χ3n) is 2.90. The van der Waals surface area contributed by atoms with Crippen molar-refractivity contribution in [3.8, 4) is 0 Å². The number of anilines is 1. The predicted octanol–water partition coefficient (Wildman–Crippen LogP) is 4.93. The molecule has 0 aromatic heterocycles. The number of nitrogens with one attached hydrogen (secondary N) is 1. The number of halogens is 2. The van der Waals surface area contributed by atoms with Gasteiger partial charge in [-0.2, -0.15) is 0 Å². The van der Waals surface area contributed by atoms with Crippen LogP contribution >= 0.6 is 27.5 Å². The molecule has 0 bridgehead atoms. The van der Waals surface area contributed by atoms with Crippen molar-refractivity contribution in [1.29, 1.82) is 0 Å². The van der Waals surface area contributed by atoms with Gasteiger partial charge in [0.15, 0.2) is 0 Å². The van der Waals surface area contributed by atoms with Crippen LogP contribution in [0.4, 0.5) is 11.4 Å². The number of hydrogen-bond acceptors (Lipinski definition) is 3. The third kappa shape index (κ3) is 3.49. The van der Waals surface area contributed by atoms with Gasteiger partial charge in [0.1, 0.15) is 0 Å². The Morgan fingerprint density at radius 3 is 2.70 bits per heavy atom. The molecule has 4 nitrogen and oxygen atoms in total. The van der Waals surface area contributed by atoms with Crippen molar-refractivity contribution in [2.24, 2.45) is 0 Å². The van der Waals surface area contributed by atoms with Crippen molar-refractivity contribution in [2.75, 3.05) is 5.32 Å². The largest absolute Gasteiger partial charge is 0.380 e. The molecule has 2 aromatic rings. The van der Waals surface area contributed by atoms with Gasteiger partial charge in [-0.15, -0.1) is 0 Å². The second-order valence-electron chi connectivity index (χ2n) is 4.34. The maximum Gasteiger partial charge on any atom is 0.275 e. The zero-order chi connectivity index (χ0) is 14.7. The minimum absolute atomic E-state index is 0.0958. The van der Waals surface area contributed by atoms with Crippen LogP contribution in [0.25, 0.3) is 0 Å². The van der Waals surface area contributed by atoms with E-state index in [1.807, 2.05) is 19.1 Å². The van der Waals surface area contributed by atoms with Crippen LogP contribution < -0.4 is 5.32 Å². The van der Waals surface area contributed by atoms with Crippen molar-refractivity contribution < 1.29 is 4.92 Å². The molecular formula is C14H12BrClN2O2. The summed E-state index contributed by atoms with van der Waals surface area (Å²) >= 11 is 9.14. The number of nitrogens with zero attached hydrogens (tertiary/aromatic N) is 1. The number of rotatable bonds is 4. The van der Waals surface area contributed by atoms with E-state index in [0.29, 0.717) is 21.6 Å². The lowest BCUT2D eigenvalue weighted by molar-refractivity contribution is -0.385. The van der Waals surface area contributed by atoms with E-state index in [-0.39, 0.29) is 10.6 Å². The van der Waals surface area contributed by atoms with Gasteiger partial charge >= 0.3 is 0 Å². The molecule has 104 valence electrons. The van der Waals surface area contributed by atoms with Crippen LogP contribution in [0.2, 0.25) is 5.02 Å². The Hall–Kier alpha value is -1.59. The van der Waals surface area contributed by atoms with E-state index < -0.39 is 0 Å². The van der Waals surface area contributed by atoms with Crippen LogP contribution in [-0.4, -0.2) is 4.92 Å². The summed E-state index contributed by atoms with van der Waals surface area (Å²) in [6, 6.07) is 10.5. The van der Waals surface area contributed by atoms with Gasteiger partial charge in [0, 0.05) is 33.4 Å². The van der Waals surface area contributed by atoms with Crippen LogP contribution in [0.5, 0.6) is 0 Å². The van der Waals surface area contributed by atoms with Crippen molar-refractivity contribution in [3.05, 3.63) is 67.1 Å². The summed E-state index contributed by atoms with van der Waals surface area (Å²) in [5, 5.41) is 14.9. The average molecular weight is 356 g/mol. The maximum absolute atomic E-state index is 11.0. The second kappa shape index (κ2) is 6.24. The van der Waals surface area contributed by atoms with Crippen LogP contribution in [0.15, 0.2) is 40.9 Å². The highest BCUT2D eigenvalue weighted by Crippen LogP contribution is 2.25. The summed E-state index contributed by atoms with van der Waals surface area (Å²) in [7, 11) is 0. The number of nitro groups is 1. The lowest BCUT2D eigenvalue weighted by Gasteiger charge is -2.10. The molecule has 0 saturated carbocycles. The quantitative estimate of drug-likeness (QED) is 0.625. The second-order valence-corrected chi connectivity index (χ2v) is 5.70. The summed E-state index contributed by atoms with van der Waals surface area (Å²) in [4.78, 5) is 10.7. The zero-order valence-electron chi connectivity index (χ0n) is 10.7. The Morgan fingerprint density at radius 1 is 1.30 bits per heavy atom. The van der Waals surface area contributed by atoms with E-state index in [1.54, 1.807) is 18.2 Å². The normalized spacial score (nSPS) is 10.3. The summed E-state index contributed by atoms with van der Waals surface area (Å²) in [6.45, 7) is 2.32. The average Bonchev–Trinajstić information content (AvgIpc) is 2.38. The highest BCUT2D eigenvalue weighted by molar-refractivity contribution is 9.10. The molecule has 1 N–H and O–H groups in total. The van der Waals surface area contributed by atoms with Crippen LogP contribution in [-0.2, 0) is 6.54 Å². The minimum atomic E-state index is -0.378. The lowest BCUT2D eigenvalue weighted by atomic mass is 10.1. The Morgan fingerprint density at radius 2 is 2.05 bits per heavy atom. The Balaban J connectivity index is 2.20. The monoisotopic (exact) mass is 354 g/mol. The molecule has 0 atom stereocenters. The first-order valence-electron chi connectivity index (χ1n) is 5.90. The maximum atomic E-state index is 11.0. The molecule has 0 aliphatic carbocycles. The fourth-order valence-electron chi connectivity index (χ4n) is 1.87. The molecular weight excluding hydrogens is 344 g/mol. The Bertz CT molecular complexity index is 662. The molecule has 0 radical (unpaired) electrons. The Labute approximate surface area is 130 Å². The van der Waals surface area contributed by atoms with Gasteiger partial charge in [-0.3, -0.25) is 10.1 Å². The molecule has 0 aliphatic heterocycles. The summed E-state index contributed by atoms with van der Waals surface area (Å²) in [6.07, 6.45) is 0. The van der Waals surface area contributed by atoms with Crippen molar-refractivity contribution >= 4 is 38.9 Å². The molecule has 0 spiro atoms. The van der Waals surface area contributed by atoms with Gasteiger partial charge in [0.2, 0.25) is 0 Å². The molecule has 0 fully saturated rings. The smallest absolute Gasteiger partial charge is 0.275 e. The minimum Gasteiger partial charge on any atom is -0.380 e. The van der Waals surface area contributed by atoms with E-state index in [0.717, 1.165) is 11.3 Å². The van der Waals surface area contributed by atoms with Gasteiger partial charge < -0.3 is 5.32 Å². The molecule has 2 rings (SSSR count). The molecule has 0 saturated heterocycles. The summed E-state index contributed by atoms with van der Waals surface area (Å²) < 4.78 is 0.690. The van der Waals surface area contributed by atoms with Gasteiger partial charge in [0.25, 0.3) is 5.69 Å². The Kier molecular flexibility index (Phi) is 4.62. The van der Waals surface area contributed by atoms with Gasteiger partial charge in [0.05, 0.1) is 4.92 Å². The molecule has 0 heterocycles. The van der Waals surface area contributed by atoms with Crippen LogP contribution in [0, 0.1) is 17.0 Å². The molecule has 6 heteroatoms. The van der Waals surface area contributed by atoms with E-state index in [4.69, 9.17) is 11.6 Å². The van der Waals surface area contributed by atoms with E-state index in [2.05, 4.69) is 21.2 Å². The third-order valence-corrected chi connectivity index (χ3v) is 3.63. The highest BCUT2D eigenvalue weighted by Gasteiger charge is 2.14. The fraction of sp³-hybridized carbons (Fsp3) is 0.143. The van der Waals surface area contributed by atoms with Gasteiger partial charge in [-0.05, 0) is 42.8 Å². The number of nitro benzene ring substituents is 1. The van der Waals surface area contributed by atoms with E-state index in [1.165, 1.54) is 6.07 Å². The highest BCUT2D eigenvalue weighted by atomic mass is 79.9. The lowest BCUT2D eigenvalue weighted by Crippen LogP contribution is -2.04. The summed E-state index contributed by atoms with van der Waals surface area (Å²) in [5.41, 5.74) is 2.63. The van der Waals surface area contributed by atoms with Crippen LogP contribution in [0.3, 0.4) is 0 Å². The standard InChI is InChI=1S/C14H12BrClN2O2/c1-9-6-12(16)4-5-13(9)17-8-10-2-3-11(15)7-14(10)18(19)20/h2-7,17H,8H2,1H3. The zero-order valence-corrected chi connectivity index (χ0v) is 13.0. The van der Waals surface area contributed by atoms with Crippen molar-refractivity contribution in [3.63, 3.8) is 0 Å². The molecule has 0 amide bonds. The molecule has 0 unspecified atom stereocenters. The summed E-state index contributed by atoms with van der Waals surface area (Å²) in [5.74, 6) is 0. The first kappa shape index (κ1) is 14.8. The SMILES string of the molecule is Cc1cc(Cl)ccc1NCc1ccc(Br)cc1[N+](=O)[O-].